The molecular weight excluding hydrogens is 559 g/mol. The first-order valence-corrected chi connectivity index (χ1v) is 16.8. The van der Waals surface area contributed by atoms with E-state index in [1.54, 1.807) is 0 Å². The normalized spacial score (nSPS) is 11.7. The molecule has 6 nitrogen and oxygen atoms in total. The molecule has 0 aliphatic heterocycles. The van der Waals surface area contributed by atoms with Crippen molar-refractivity contribution in [1.82, 2.24) is 0 Å². The Hall–Kier alpha value is 0.340. The smallest absolute Gasteiger partial charge is 0.100 e. The molecule has 41 heavy (non-hydrogen) atoms. The van der Waals surface area contributed by atoms with Crippen LogP contribution in [0.2, 0.25) is 0 Å². The highest BCUT2D eigenvalue weighted by atomic mass is 35.5. The van der Waals surface area contributed by atoms with Crippen LogP contribution in [-0.2, 0) is 18.9 Å². The van der Waals surface area contributed by atoms with E-state index in [4.69, 9.17) is 18.9 Å². The highest BCUT2D eigenvalue weighted by molar-refractivity contribution is 4.79. The molecule has 0 spiro atoms. The molecule has 2 N–H and O–H groups in total. The third kappa shape index (κ3) is 33.1. The minimum atomic E-state index is -0.246. The van der Waals surface area contributed by atoms with Gasteiger partial charge in [0.25, 0.3) is 0 Å². The molecule has 0 fully saturated rings. The minimum absolute atomic E-state index is 0. The molecule has 0 aliphatic rings. The lowest BCUT2D eigenvalue weighted by atomic mass is 9.92. The molecule has 0 aromatic heterocycles. The van der Waals surface area contributed by atoms with E-state index in [9.17, 15) is 0 Å². The zero-order valence-corrected chi connectivity index (χ0v) is 29.8. The Morgan fingerprint density at radius 3 is 0.951 bits per heavy atom. The van der Waals surface area contributed by atoms with Crippen molar-refractivity contribution in [2.75, 3.05) is 94.1 Å². The van der Waals surface area contributed by atoms with E-state index >= 15 is 0 Å². The average Bonchev–Trinajstić information content (AvgIpc) is 2.91. The standard InChI is InChI=1S/C33H70N2O4.2ClH/c1-7-9-11-13-15-17-19-21-25-36-29-33(31-38-27-23-34(3)4,32-39-28-24-35(5)6)30-37-26-22-20-18-16-14-12-10-8-2;;/h7-32H2,1-6H3;2*1H. The lowest BCUT2D eigenvalue weighted by molar-refractivity contribution is -0.858. The molecule has 0 heterocycles. The Morgan fingerprint density at radius 1 is 0.390 bits per heavy atom. The van der Waals surface area contributed by atoms with Crippen molar-refractivity contribution >= 4 is 0 Å². The summed E-state index contributed by atoms with van der Waals surface area (Å²) >= 11 is 0. The van der Waals surface area contributed by atoms with Crippen LogP contribution in [0.5, 0.6) is 0 Å². The fraction of sp³-hybridized carbons (Fsp3) is 1.00. The van der Waals surface area contributed by atoms with Crippen LogP contribution in [0.4, 0.5) is 0 Å². The van der Waals surface area contributed by atoms with E-state index in [2.05, 4.69) is 42.0 Å². The van der Waals surface area contributed by atoms with Gasteiger partial charge in [-0.2, -0.15) is 0 Å². The zero-order valence-electron chi connectivity index (χ0n) is 28.3. The van der Waals surface area contributed by atoms with Gasteiger partial charge in [0.2, 0.25) is 0 Å². The van der Waals surface area contributed by atoms with E-state index in [1.165, 1.54) is 99.7 Å². The molecule has 0 unspecified atom stereocenters. The van der Waals surface area contributed by atoms with Gasteiger partial charge in [0.15, 0.2) is 0 Å². The maximum atomic E-state index is 6.29. The van der Waals surface area contributed by atoms with Crippen LogP contribution in [0.25, 0.3) is 0 Å². The van der Waals surface area contributed by atoms with Crippen LogP contribution in [0, 0.1) is 5.41 Å². The van der Waals surface area contributed by atoms with Crippen molar-refractivity contribution in [2.24, 2.45) is 5.41 Å². The van der Waals surface area contributed by atoms with Gasteiger partial charge in [0.05, 0.1) is 73.2 Å². The fourth-order valence-electron chi connectivity index (χ4n) is 4.63. The second kappa shape index (κ2) is 34.8. The lowest BCUT2D eigenvalue weighted by Crippen LogP contribution is -3.06. The quantitative estimate of drug-likeness (QED) is 0.0900. The summed E-state index contributed by atoms with van der Waals surface area (Å²) in [5, 5.41) is 0. The van der Waals surface area contributed by atoms with Crippen LogP contribution >= 0.6 is 0 Å². The summed E-state index contributed by atoms with van der Waals surface area (Å²) in [5.74, 6) is 0. The lowest BCUT2D eigenvalue weighted by Gasteiger charge is -2.33. The first-order chi connectivity index (χ1) is 19.0. The summed E-state index contributed by atoms with van der Waals surface area (Å²) in [7, 11) is 8.68. The van der Waals surface area contributed by atoms with Gasteiger partial charge in [-0.1, -0.05) is 104 Å². The van der Waals surface area contributed by atoms with Crippen LogP contribution in [0.1, 0.15) is 117 Å². The van der Waals surface area contributed by atoms with Gasteiger partial charge in [-0.15, -0.1) is 0 Å². The Labute approximate surface area is 269 Å². The van der Waals surface area contributed by atoms with Crippen LogP contribution in [-0.4, -0.2) is 94.1 Å². The van der Waals surface area contributed by atoms with Gasteiger partial charge in [-0.25, -0.2) is 0 Å². The van der Waals surface area contributed by atoms with E-state index in [-0.39, 0.29) is 30.2 Å². The van der Waals surface area contributed by atoms with Gasteiger partial charge in [0, 0.05) is 13.2 Å². The summed E-state index contributed by atoms with van der Waals surface area (Å²) in [6, 6.07) is 0. The summed E-state index contributed by atoms with van der Waals surface area (Å²) < 4.78 is 25.0. The van der Waals surface area contributed by atoms with Crippen molar-refractivity contribution in [3.63, 3.8) is 0 Å². The SMILES string of the molecule is CCCCCCCCCCOCC(COCCCCCCCCCC)(COCC[NH+](C)C)COCC[NH+](C)C.[Cl-].[Cl-]. The first kappa shape index (κ1) is 45.8. The highest BCUT2D eigenvalue weighted by Crippen LogP contribution is 2.22. The number of quaternary nitrogens is 2. The second-order valence-corrected chi connectivity index (χ2v) is 12.6. The molecule has 0 aromatic rings. The largest absolute Gasteiger partial charge is 1.00 e. The molecule has 0 aliphatic carbocycles. The molecule has 0 amide bonds. The molecule has 8 heteroatoms. The number of nitrogens with one attached hydrogen (secondary N) is 2. The van der Waals surface area contributed by atoms with E-state index in [0.717, 1.165) is 52.4 Å². The number of unbranched alkanes of at least 4 members (excludes halogenated alkanes) is 14. The molecule has 252 valence electrons. The summed E-state index contributed by atoms with van der Waals surface area (Å²) in [5.41, 5.74) is -0.246. The molecule has 0 saturated carbocycles. The molecular formula is C33H72Cl2N2O4. The highest BCUT2D eigenvalue weighted by Gasteiger charge is 2.32. The third-order valence-electron chi connectivity index (χ3n) is 7.41. The van der Waals surface area contributed by atoms with Crippen molar-refractivity contribution in [2.45, 2.75) is 117 Å². The molecule has 0 saturated heterocycles. The van der Waals surface area contributed by atoms with Gasteiger partial charge < -0.3 is 53.6 Å². The number of hydrogen-bond donors (Lipinski definition) is 2. The van der Waals surface area contributed by atoms with Crippen molar-refractivity contribution in [3.05, 3.63) is 0 Å². The summed E-state index contributed by atoms with van der Waals surface area (Å²) in [4.78, 5) is 2.81. The third-order valence-corrected chi connectivity index (χ3v) is 7.41. The summed E-state index contributed by atoms with van der Waals surface area (Å²) in [6.45, 7) is 12.2. The molecule has 0 atom stereocenters. The molecule has 0 bridgehead atoms. The zero-order chi connectivity index (χ0) is 28.9. The Bertz CT molecular complexity index is 446. The van der Waals surface area contributed by atoms with Crippen LogP contribution in [0.3, 0.4) is 0 Å². The van der Waals surface area contributed by atoms with Crippen molar-refractivity contribution < 1.29 is 53.6 Å². The minimum Gasteiger partial charge on any atom is -1.00 e. The number of hydrogen-bond acceptors (Lipinski definition) is 4. The predicted octanol–water partition coefficient (Wildman–Crippen LogP) is -1.38. The summed E-state index contributed by atoms with van der Waals surface area (Å²) in [6.07, 6.45) is 21.1. The average molecular weight is 632 g/mol. The molecule has 0 radical (unpaired) electrons. The second-order valence-electron chi connectivity index (χ2n) is 12.6. The Balaban J connectivity index is -0.00000722. The van der Waals surface area contributed by atoms with E-state index in [0.29, 0.717) is 26.4 Å². The number of rotatable bonds is 32. The first-order valence-electron chi connectivity index (χ1n) is 16.8. The van der Waals surface area contributed by atoms with E-state index in [1.807, 2.05) is 0 Å². The van der Waals surface area contributed by atoms with Gasteiger partial charge in [-0.05, 0) is 12.8 Å². The van der Waals surface area contributed by atoms with Crippen molar-refractivity contribution in [1.29, 1.82) is 0 Å². The van der Waals surface area contributed by atoms with Crippen molar-refractivity contribution in [3.8, 4) is 0 Å². The van der Waals surface area contributed by atoms with Crippen LogP contribution < -0.4 is 34.6 Å². The fourth-order valence-corrected chi connectivity index (χ4v) is 4.63. The molecule has 0 rings (SSSR count). The monoisotopic (exact) mass is 630 g/mol. The number of halogens is 2. The van der Waals surface area contributed by atoms with Gasteiger partial charge in [-0.3, -0.25) is 0 Å². The number of ether oxygens (including phenoxy) is 4. The number of likely N-dealkylation sites (N-methyl/N-ethyl adjacent to an activating group) is 2. The maximum Gasteiger partial charge on any atom is 0.100 e. The topological polar surface area (TPSA) is 45.8 Å². The Kier molecular flexibility index (Phi) is 38.9. The van der Waals surface area contributed by atoms with E-state index < -0.39 is 0 Å². The van der Waals surface area contributed by atoms with Crippen LogP contribution in [0.15, 0.2) is 0 Å². The predicted molar refractivity (Wildman–Crippen MR) is 166 cm³/mol. The maximum absolute atomic E-state index is 6.29. The Morgan fingerprint density at radius 2 is 0.659 bits per heavy atom. The molecule has 0 aromatic carbocycles. The van der Waals surface area contributed by atoms with Gasteiger partial charge in [0.1, 0.15) is 13.1 Å². The van der Waals surface area contributed by atoms with Gasteiger partial charge >= 0.3 is 0 Å².